The molecule has 0 aromatic heterocycles. The number of carbonyl (C=O) groups excluding carboxylic acids is 3. The summed E-state index contributed by atoms with van der Waals surface area (Å²) in [6.45, 7) is 9.90. The lowest BCUT2D eigenvalue weighted by Crippen LogP contribution is -2.43. The van der Waals surface area contributed by atoms with Crippen molar-refractivity contribution in [1.29, 1.82) is 0 Å². The molecule has 6 nitrogen and oxygen atoms in total. The Hall–Kier alpha value is -2.37. The largest absolute Gasteiger partial charge is 0.444 e. The fourth-order valence-corrected chi connectivity index (χ4v) is 2.86. The molecule has 2 amide bonds. The zero-order valence-corrected chi connectivity index (χ0v) is 16.2. The molecule has 0 aliphatic carbocycles. The van der Waals surface area contributed by atoms with Crippen molar-refractivity contribution in [2.45, 2.75) is 53.1 Å². The Balaban J connectivity index is 1.94. The first-order valence-corrected chi connectivity index (χ1v) is 8.97. The smallest absolute Gasteiger partial charge is 0.410 e. The number of likely N-dealkylation sites (tertiary alicyclic amines) is 1. The van der Waals surface area contributed by atoms with Crippen molar-refractivity contribution >= 4 is 23.5 Å². The molecule has 1 aromatic rings. The van der Waals surface area contributed by atoms with E-state index in [2.05, 4.69) is 5.32 Å². The maximum atomic E-state index is 12.6. The summed E-state index contributed by atoms with van der Waals surface area (Å²) in [4.78, 5) is 37.9. The molecule has 0 bridgehead atoms. The third-order valence-electron chi connectivity index (χ3n) is 4.42. The third-order valence-corrected chi connectivity index (χ3v) is 4.42. The number of Topliss-reactive ketones (excluding diaryl/α,β-unsaturated/α-hetero) is 1. The zero-order valence-electron chi connectivity index (χ0n) is 16.2. The van der Waals surface area contributed by atoms with E-state index in [1.807, 2.05) is 33.8 Å². The number of nitrogens with one attached hydrogen (secondary N) is 1. The zero-order chi connectivity index (χ0) is 19.5. The van der Waals surface area contributed by atoms with Gasteiger partial charge in [-0.2, -0.15) is 0 Å². The standard InChI is InChI=1S/C20H28N2O4/c1-13-6-7-16(14(2)23)12-17(13)21-18(24)15-8-10-22(11-9-15)19(25)26-20(3,4)5/h6-7,12,15H,8-11H2,1-5H3,(H,21,24). The van der Waals surface area contributed by atoms with E-state index in [1.165, 1.54) is 6.92 Å². The van der Waals surface area contributed by atoms with E-state index in [9.17, 15) is 14.4 Å². The number of anilines is 1. The first-order valence-electron chi connectivity index (χ1n) is 8.97. The molecule has 1 fully saturated rings. The van der Waals surface area contributed by atoms with Crippen LogP contribution in [0.1, 0.15) is 56.5 Å². The van der Waals surface area contributed by atoms with Crippen LogP contribution in [-0.4, -0.2) is 41.4 Å². The fraction of sp³-hybridized carbons (Fsp3) is 0.550. The molecule has 2 rings (SSSR count). The molecule has 1 aliphatic rings. The molecule has 0 atom stereocenters. The summed E-state index contributed by atoms with van der Waals surface area (Å²) in [7, 11) is 0. The molecular weight excluding hydrogens is 332 g/mol. The molecule has 1 aromatic carbocycles. The van der Waals surface area contributed by atoms with E-state index in [4.69, 9.17) is 4.74 Å². The minimum absolute atomic E-state index is 0.0360. The number of rotatable bonds is 3. The van der Waals surface area contributed by atoms with Crippen LogP contribution in [0.2, 0.25) is 0 Å². The van der Waals surface area contributed by atoms with Gasteiger partial charge in [-0.3, -0.25) is 9.59 Å². The first kappa shape index (κ1) is 19.9. The summed E-state index contributed by atoms with van der Waals surface area (Å²) in [6.07, 6.45) is 0.855. The normalized spacial score (nSPS) is 15.5. The van der Waals surface area contributed by atoms with Gasteiger partial charge in [-0.1, -0.05) is 12.1 Å². The van der Waals surface area contributed by atoms with E-state index in [0.717, 1.165) is 5.56 Å². The van der Waals surface area contributed by atoms with Crippen molar-refractivity contribution in [3.05, 3.63) is 29.3 Å². The van der Waals surface area contributed by atoms with Crippen molar-refractivity contribution in [3.63, 3.8) is 0 Å². The molecule has 1 aliphatic heterocycles. The summed E-state index contributed by atoms with van der Waals surface area (Å²) < 4.78 is 5.37. The highest BCUT2D eigenvalue weighted by atomic mass is 16.6. The van der Waals surface area contributed by atoms with E-state index < -0.39 is 5.60 Å². The second-order valence-electron chi connectivity index (χ2n) is 7.82. The predicted molar refractivity (Wildman–Crippen MR) is 100 cm³/mol. The van der Waals surface area contributed by atoms with Gasteiger partial charge in [0.05, 0.1) is 0 Å². The van der Waals surface area contributed by atoms with Gasteiger partial charge in [0, 0.05) is 30.3 Å². The summed E-state index contributed by atoms with van der Waals surface area (Å²) in [5.74, 6) is -0.266. The number of benzene rings is 1. The Kier molecular flexibility index (Phi) is 6.05. The van der Waals surface area contributed by atoms with Gasteiger partial charge in [0.25, 0.3) is 0 Å². The van der Waals surface area contributed by atoms with Crippen molar-refractivity contribution in [2.75, 3.05) is 18.4 Å². The van der Waals surface area contributed by atoms with Crippen LogP contribution in [0.5, 0.6) is 0 Å². The topological polar surface area (TPSA) is 75.7 Å². The molecule has 26 heavy (non-hydrogen) atoms. The quantitative estimate of drug-likeness (QED) is 0.832. The van der Waals surface area contributed by atoms with E-state index in [-0.39, 0.29) is 23.7 Å². The Morgan fingerprint density at radius 3 is 2.31 bits per heavy atom. The maximum Gasteiger partial charge on any atom is 0.410 e. The predicted octanol–water partition coefficient (Wildman–Crippen LogP) is 3.78. The van der Waals surface area contributed by atoms with Gasteiger partial charge in [0.2, 0.25) is 5.91 Å². The monoisotopic (exact) mass is 360 g/mol. The molecule has 1 heterocycles. The van der Waals surface area contributed by atoms with Crippen molar-refractivity contribution in [1.82, 2.24) is 4.90 Å². The van der Waals surface area contributed by atoms with Crippen LogP contribution < -0.4 is 5.32 Å². The lowest BCUT2D eigenvalue weighted by atomic mass is 9.95. The average Bonchev–Trinajstić information content (AvgIpc) is 2.55. The SMILES string of the molecule is CC(=O)c1ccc(C)c(NC(=O)C2CCN(C(=O)OC(C)(C)C)CC2)c1. The van der Waals surface area contributed by atoms with E-state index >= 15 is 0 Å². The van der Waals surface area contributed by atoms with Crippen LogP contribution in [-0.2, 0) is 9.53 Å². The van der Waals surface area contributed by atoms with E-state index in [1.54, 1.807) is 17.0 Å². The molecule has 0 radical (unpaired) electrons. The number of ketones is 1. The Morgan fingerprint density at radius 1 is 1.15 bits per heavy atom. The second kappa shape index (κ2) is 7.89. The molecule has 0 saturated carbocycles. The van der Waals surface area contributed by atoms with Crippen LogP contribution >= 0.6 is 0 Å². The Labute approximate surface area is 154 Å². The molecule has 1 N–H and O–H groups in total. The number of hydrogen-bond acceptors (Lipinski definition) is 4. The average molecular weight is 360 g/mol. The summed E-state index contributed by atoms with van der Waals surface area (Å²) >= 11 is 0. The van der Waals surface area contributed by atoms with Gasteiger partial charge in [-0.05, 0) is 59.1 Å². The highest BCUT2D eigenvalue weighted by molar-refractivity contribution is 5.98. The van der Waals surface area contributed by atoms with Gasteiger partial charge < -0.3 is 15.0 Å². The van der Waals surface area contributed by atoms with Crippen molar-refractivity contribution < 1.29 is 19.1 Å². The Bertz CT molecular complexity index is 698. The van der Waals surface area contributed by atoms with Gasteiger partial charge in [0.15, 0.2) is 5.78 Å². The van der Waals surface area contributed by atoms with Gasteiger partial charge in [-0.25, -0.2) is 4.79 Å². The first-order chi connectivity index (χ1) is 12.1. The molecule has 0 spiro atoms. The number of nitrogens with zero attached hydrogens (tertiary/aromatic N) is 1. The number of piperidine rings is 1. The van der Waals surface area contributed by atoms with Crippen LogP contribution in [0.4, 0.5) is 10.5 Å². The summed E-state index contributed by atoms with van der Waals surface area (Å²) in [5.41, 5.74) is 1.63. The van der Waals surface area contributed by atoms with Crippen LogP contribution in [0.25, 0.3) is 0 Å². The van der Waals surface area contributed by atoms with Crippen LogP contribution in [0, 0.1) is 12.8 Å². The van der Waals surface area contributed by atoms with Crippen molar-refractivity contribution in [2.24, 2.45) is 5.92 Å². The van der Waals surface area contributed by atoms with Crippen LogP contribution in [0.3, 0.4) is 0 Å². The molecule has 1 saturated heterocycles. The van der Waals surface area contributed by atoms with Gasteiger partial charge in [-0.15, -0.1) is 0 Å². The van der Waals surface area contributed by atoms with Crippen molar-refractivity contribution in [3.8, 4) is 0 Å². The highest BCUT2D eigenvalue weighted by Gasteiger charge is 2.30. The van der Waals surface area contributed by atoms with Crippen LogP contribution in [0.15, 0.2) is 18.2 Å². The molecule has 6 heteroatoms. The molecular formula is C20H28N2O4. The summed E-state index contributed by atoms with van der Waals surface area (Å²) in [5, 5.41) is 2.93. The van der Waals surface area contributed by atoms with E-state index in [0.29, 0.717) is 37.2 Å². The lowest BCUT2D eigenvalue weighted by Gasteiger charge is -2.33. The fourth-order valence-electron chi connectivity index (χ4n) is 2.86. The molecule has 142 valence electrons. The summed E-state index contributed by atoms with van der Waals surface area (Å²) in [6, 6.07) is 5.30. The lowest BCUT2D eigenvalue weighted by molar-refractivity contribution is -0.121. The highest BCUT2D eigenvalue weighted by Crippen LogP contribution is 2.23. The number of carbonyl (C=O) groups is 3. The minimum Gasteiger partial charge on any atom is -0.444 e. The third kappa shape index (κ3) is 5.31. The van der Waals surface area contributed by atoms with Gasteiger partial charge in [0.1, 0.15) is 5.60 Å². The maximum absolute atomic E-state index is 12.6. The number of hydrogen-bond donors (Lipinski definition) is 1. The number of amides is 2. The Morgan fingerprint density at radius 2 is 1.77 bits per heavy atom. The number of aryl methyl sites for hydroxylation is 1. The second-order valence-corrected chi connectivity index (χ2v) is 7.82. The number of ether oxygens (including phenoxy) is 1. The minimum atomic E-state index is -0.523. The van der Waals surface area contributed by atoms with Gasteiger partial charge >= 0.3 is 6.09 Å². The molecule has 0 unspecified atom stereocenters.